The Morgan fingerprint density at radius 2 is 1.81 bits per heavy atom. The lowest BCUT2D eigenvalue weighted by Gasteiger charge is -2.30. The van der Waals surface area contributed by atoms with E-state index in [0.29, 0.717) is 56.6 Å². The summed E-state index contributed by atoms with van der Waals surface area (Å²) in [5.74, 6) is -0.357. The Bertz CT molecular complexity index is 1040. The summed E-state index contributed by atoms with van der Waals surface area (Å²) in [6.45, 7) is 4.83. The Labute approximate surface area is 189 Å². The smallest absolute Gasteiger partial charge is 0.295 e. The average Bonchev–Trinajstić information content (AvgIpc) is 3.45. The third-order valence-corrected chi connectivity index (χ3v) is 6.85. The quantitative estimate of drug-likeness (QED) is 0.420. The molecule has 32 heavy (non-hydrogen) atoms. The summed E-state index contributed by atoms with van der Waals surface area (Å²) in [7, 11) is 0. The van der Waals surface area contributed by atoms with Crippen molar-refractivity contribution in [3.8, 4) is 11.5 Å². The van der Waals surface area contributed by atoms with Gasteiger partial charge in [0.1, 0.15) is 19.0 Å². The minimum absolute atomic E-state index is 0.108. The topological polar surface area (TPSA) is 88.5 Å². The minimum atomic E-state index is -0.669. The lowest BCUT2D eigenvalue weighted by atomic mass is 9.99. The molecule has 0 spiro atoms. The van der Waals surface area contributed by atoms with Gasteiger partial charge in [-0.05, 0) is 29.6 Å². The van der Waals surface area contributed by atoms with Gasteiger partial charge in [-0.15, -0.1) is 11.3 Å². The molecule has 2 fully saturated rings. The highest BCUT2D eigenvalue weighted by Crippen LogP contribution is 2.42. The number of ether oxygens (including phenoxy) is 3. The third kappa shape index (κ3) is 3.87. The van der Waals surface area contributed by atoms with E-state index < -0.39 is 17.7 Å². The first-order valence-electron chi connectivity index (χ1n) is 10.7. The molecule has 1 aromatic carbocycles. The van der Waals surface area contributed by atoms with Crippen LogP contribution in [0.1, 0.15) is 16.5 Å². The lowest BCUT2D eigenvalue weighted by Crippen LogP contribution is -2.42. The molecule has 2 saturated heterocycles. The first-order valence-corrected chi connectivity index (χ1v) is 11.5. The van der Waals surface area contributed by atoms with Crippen molar-refractivity contribution >= 4 is 28.8 Å². The van der Waals surface area contributed by atoms with Crippen LogP contribution in [-0.4, -0.2) is 79.2 Å². The van der Waals surface area contributed by atoms with E-state index in [1.807, 2.05) is 17.5 Å². The molecule has 8 nitrogen and oxygen atoms in total. The molecule has 0 aliphatic carbocycles. The van der Waals surface area contributed by atoms with Crippen molar-refractivity contribution in [2.45, 2.75) is 6.04 Å². The van der Waals surface area contributed by atoms with Crippen molar-refractivity contribution in [1.29, 1.82) is 0 Å². The van der Waals surface area contributed by atoms with Gasteiger partial charge in [-0.1, -0.05) is 6.07 Å². The summed E-state index contributed by atoms with van der Waals surface area (Å²) in [5, 5.41) is 13.1. The summed E-state index contributed by atoms with van der Waals surface area (Å²) < 4.78 is 16.6. The molecule has 168 valence electrons. The van der Waals surface area contributed by atoms with Gasteiger partial charge in [-0.2, -0.15) is 0 Å². The van der Waals surface area contributed by atoms with Crippen LogP contribution in [0.3, 0.4) is 0 Å². The number of ketones is 1. The Morgan fingerprint density at radius 1 is 1.03 bits per heavy atom. The van der Waals surface area contributed by atoms with E-state index in [-0.39, 0.29) is 11.3 Å². The maximum absolute atomic E-state index is 13.1. The Morgan fingerprint density at radius 3 is 2.56 bits per heavy atom. The van der Waals surface area contributed by atoms with E-state index in [1.54, 1.807) is 23.1 Å². The summed E-state index contributed by atoms with van der Waals surface area (Å²) in [6.07, 6.45) is 0. The number of nitrogens with zero attached hydrogens (tertiary/aromatic N) is 2. The molecular formula is C23H24N2O6S. The molecule has 2 aromatic rings. The van der Waals surface area contributed by atoms with Gasteiger partial charge in [0.15, 0.2) is 11.5 Å². The predicted octanol–water partition coefficient (Wildman–Crippen LogP) is 2.27. The zero-order valence-corrected chi connectivity index (χ0v) is 18.3. The van der Waals surface area contributed by atoms with E-state index in [1.165, 1.54) is 11.3 Å². The molecule has 1 amide bonds. The molecule has 5 rings (SSSR count). The van der Waals surface area contributed by atoms with E-state index >= 15 is 0 Å². The standard InChI is InChI=1S/C23H24N2O6S/c26-21(15-3-4-16-17(14-15)31-12-11-30-16)19-20(18-2-1-13-32-18)25(23(28)22(19)27)6-5-24-7-9-29-10-8-24/h1-4,13-14,20,26H,5-12H2/b21-19-. The van der Waals surface area contributed by atoms with Gasteiger partial charge in [-0.3, -0.25) is 14.5 Å². The second kappa shape index (κ2) is 8.93. The number of thiophene rings is 1. The van der Waals surface area contributed by atoms with Crippen LogP contribution in [-0.2, 0) is 14.3 Å². The molecule has 1 N–H and O–H groups in total. The van der Waals surface area contributed by atoms with Crippen molar-refractivity contribution in [1.82, 2.24) is 9.80 Å². The molecule has 1 aromatic heterocycles. The predicted molar refractivity (Wildman–Crippen MR) is 118 cm³/mol. The fourth-order valence-electron chi connectivity index (χ4n) is 4.27. The number of morpholine rings is 1. The average molecular weight is 457 g/mol. The zero-order chi connectivity index (χ0) is 22.1. The lowest BCUT2D eigenvalue weighted by molar-refractivity contribution is -0.140. The number of carbonyl (C=O) groups excluding carboxylic acids is 2. The monoisotopic (exact) mass is 456 g/mol. The number of benzene rings is 1. The van der Waals surface area contributed by atoms with Crippen molar-refractivity contribution in [3.63, 3.8) is 0 Å². The molecule has 0 saturated carbocycles. The number of carbonyl (C=O) groups is 2. The largest absolute Gasteiger partial charge is 0.507 e. The highest BCUT2D eigenvalue weighted by Gasteiger charge is 2.46. The van der Waals surface area contributed by atoms with Crippen LogP contribution in [0.4, 0.5) is 0 Å². The molecule has 0 radical (unpaired) electrons. The van der Waals surface area contributed by atoms with E-state index in [9.17, 15) is 14.7 Å². The van der Waals surface area contributed by atoms with E-state index in [0.717, 1.165) is 18.0 Å². The zero-order valence-electron chi connectivity index (χ0n) is 17.5. The fraction of sp³-hybridized carbons (Fsp3) is 0.391. The second-order valence-electron chi connectivity index (χ2n) is 7.82. The molecular weight excluding hydrogens is 432 g/mol. The van der Waals surface area contributed by atoms with Crippen molar-refractivity contribution in [2.75, 3.05) is 52.6 Å². The number of Topliss-reactive ketones (excluding diaryl/α,β-unsaturated/α-hetero) is 1. The van der Waals surface area contributed by atoms with Crippen LogP contribution in [0, 0.1) is 0 Å². The molecule has 3 aliphatic heterocycles. The molecule has 1 atom stereocenters. The van der Waals surface area contributed by atoms with Gasteiger partial charge >= 0.3 is 0 Å². The van der Waals surface area contributed by atoms with Gasteiger partial charge in [0.05, 0.1) is 24.8 Å². The molecule has 1 unspecified atom stereocenters. The van der Waals surface area contributed by atoms with Crippen molar-refractivity contribution < 1.29 is 28.9 Å². The molecule has 4 heterocycles. The van der Waals surface area contributed by atoms with Crippen molar-refractivity contribution in [2.24, 2.45) is 0 Å². The summed E-state index contributed by atoms with van der Waals surface area (Å²) in [5.41, 5.74) is 0.526. The van der Waals surface area contributed by atoms with Gasteiger partial charge in [0.2, 0.25) is 0 Å². The SMILES string of the molecule is O=C1C(=O)N(CCN2CCOCC2)C(c2cccs2)/C1=C(/O)c1ccc2c(c1)OCCO2. The van der Waals surface area contributed by atoms with Gasteiger partial charge in [-0.25, -0.2) is 0 Å². The number of amides is 1. The van der Waals surface area contributed by atoms with Crippen LogP contribution < -0.4 is 9.47 Å². The number of rotatable bonds is 5. The third-order valence-electron chi connectivity index (χ3n) is 5.93. The number of likely N-dealkylation sites (tertiary alicyclic amines) is 1. The number of hydrogen-bond acceptors (Lipinski definition) is 8. The van der Waals surface area contributed by atoms with Crippen LogP contribution >= 0.6 is 11.3 Å². The summed E-state index contributed by atoms with van der Waals surface area (Å²) >= 11 is 1.46. The van der Waals surface area contributed by atoms with Gasteiger partial charge in [0.25, 0.3) is 11.7 Å². The fourth-order valence-corrected chi connectivity index (χ4v) is 5.12. The molecule has 9 heteroatoms. The van der Waals surface area contributed by atoms with Crippen molar-refractivity contribution in [3.05, 3.63) is 51.7 Å². The first kappa shape index (κ1) is 21.0. The van der Waals surface area contributed by atoms with Crippen LogP contribution in [0.15, 0.2) is 41.3 Å². The summed E-state index contributed by atoms with van der Waals surface area (Å²) in [6, 6.07) is 8.18. The van der Waals surface area contributed by atoms with Crippen LogP contribution in [0.25, 0.3) is 5.76 Å². The van der Waals surface area contributed by atoms with E-state index in [2.05, 4.69) is 4.90 Å². The first-order chi connectivity index (χ1) is 15.6. The molecule has 3 aliphatic rings. The Balaban J connectivity index is 1.50. The number of aliphatic hydroxyl groups excluding tert-OH is 1. The number of fused-ring (bicyclic) bond motifs is 1. The maximum atomic E-state index is 13.1. The summed E-state index contributed by atoms with van der Waals surface area (Å²) in [4.78, 5) is 30.7. The normalized spacial score (nSPS) is 23.0. The van der Waals surface area contributed by atoms with Crippen LogP contribution in [0.5, 0.6) is 11.5 Å². The number of hydrogen-bond donors (Lipinski definition) is 1. The van der Waals surface area contributed by atoms with Gasteiger partial charge in [0, 0.05) is 36.6 Å². The Hall–Kier alpha value is -2.88. The Kier molecular flexibility index (Phi) is 5.86. The second-order valence-corrected chi connectivity index (χ2v) is 8.80. The van der Waals surface area contributed by atoms with Gasteiger partial charge < -0.3 is 24.2 Å². The highest BCUT2D eigenvalue weighted by atomic mass is 32.1. The highest BCUT2D eigenvalue weighted by molar-refractivity contribution is 7.10. The van der Waals surface area contributed by atoms with E-state index in [4.69, 9.17) is 14.2 Å². The number of aliphatic hydroxyl groups is 1. The maximum Gasteiger partial charge on any atom is 0.295 e. The minimum Gasteiger partial charge on any atom is -0.507 e. The molecule has 0 bridgehead atoms. The van der Waals surface area contributed by atoms with Crippen LogP contribution in [0.2, 0.25) is 0 Å².